The predicted octanol–water partition coefficient (Wildman–Crippen LogP) is 4.37. The molecule has 2 rings (SSSR count). The van der Waals surface area contributed by atoms with Gasteiger partial charge in [-0.1, -0.05) is 38.1 Å². The number of benzene rings is 1. The lowest BCUT2D eigenvalue weighted by Gasteiger charge is -2.20. The Balaban J connectivity index is 2.47. The molecule has 1 aromatic carbocycles. The Bertz CT molecular complexity index is 1190. The lowest BCUT2D eigenvalue weighted by Crippen LogP contribution is -2.42. The molecule has 0 amide bonds. The molecule has 0 aliphatic heterocycles. The van der Waals surface area contributed by atoms with Crippen molar-refractivity contribution < 1.29 is 4.74 Å². The van der Waals surface area contributed by atoms with E-state index in [1.165, 1.54) is 0 Å². The number of hydrogen-bond acceptors (Lipinski definition) is 4. The van der Waals surface area contributed by atoms with Gasteiger partial charge in [-0.2, -0.15) is 0 Å². The SMILES string of the molecule is C=C(C)/C=c1\c(=CC)cc(-c2cc(NC(C)OC(CC(C)C)=NC)ccc2C)c(=O)n1C. The number of pyridine rings is 1. The van der Waals surface area contributed by atoms with E-state index in [2.05, 4.69) is 30.7 Å². The number of aromatic nitrogens is 1. The minimum Gasteiger partial charge on any atom is -0.458 e. The zero-order valence-corrected chi connectivity index (χ0v) is 20.7. The van der Waals surface area contributed by atoms with Crippen LogP contribution in [0.25, 0.3) is 23.3 Å². The summed E-state index contributed by atoms with van der Waals surface area (Å²) in [5.74, 6) is 1.20. The summed E-state index contributed by atoms with van der Waals surface area (Å²) >= 11 is 0. The van der Waals surface area contributed by atoms with Crippen molar-refractivity contribution in [3.63, 3.8) is 0 Å². The Hall–Kier alpha value is -3.08. The third kappa shape index (κ3) is 6.22. The second-order valence-corrected chi connectivity index (χ2v) is 8.69. The summed E-state index contributed by atoms with van der Waals surface area (Å²) in [6, 6.07) is 8.01. The van der Waals surface area contributed by atoms with Gasteiger partial charge in [-0.3, -0.25) is 9.79 Å². The zero-order chi connectivity index (χ0) is 24.0. The van der Waals surface area contributed by atoms with Crippen LogP contribution in [0.15, 0.2) is 46.2 Å². The maximum atomic E-state index is 13.3. The minimum atomic E-state index is -0.252. The monoisotopic (exact) mass is 435 g/mol. The quantitative estimate of drug-likeness (QED) is 0.399. The molecule has 1 N–H and O–H groups in total. The number of anilines is 1. The Morgan fingerprint density at radius 2 is 1.94 bits per heavy atom. The number of ether oxygens (including phenoxy) is 1. The first-order valence-electron chi connectivity index (χ1n) is 11.1. The van der Waals surface area contributed by atoms with Crippen LogP contribution in [-0.2, 0) is 11.8 Å². The van der Waals surface area contributed by atoms with Crippen LogP contribution in [0, 0.1) is 12.8 Å². The topological polar surface area (TPSA) is 55.6 Å². The summed E-state index contributed by atoms with van der Waals surface area (Å²) in [6.07, 6.45) is 4.50. The minimum absolute atomic E-state index is 0.0371. The predicted molar refractivity (Wildman–Crippen MR) is 138 cm³/mol. The van der Waals surface area contributed by atoms with Gasteiger partial charge in [0.25, 0.3) is 5.56 Å². The number of nitrogens with one attached hydrogen (secondary N) is 1. The van der Waals surface area contributed by atoms with Crippen LogP contribution in [0.3, 0.4) is 0 Å². The van der Waals surface area contributed by atoms with Crippen molar-refractivity contribution in [2.24, 2.45) is 18.0 Å². The van der Waals surface area contributed by atoms with Gasteiger partial charge in [-0.05, 0) is 74.2 Å². The molecule has 0 radical (unpaired) electrons. The van der Waals surface area contributed by atoms with E-state index >= 15 is 0 Å². The Kier molecular flexibility index (Phi) is 8.64. The number of hydrogen-bond donors (Lipinski definition) is 1. The molecule has 1 atom stereocenters. The molecule has 0 bridgehead atoms. The molecule has 0 fully saturated rings. The number of allylic oxidation sites excluding steroid dienone is 1. The van der Waals surface area contributed by atoms with Crippen LogP contribution in [0.5, 0.6) is 0 Å². The summed E-state index contributed by atoms with van der Waals surface area (Å²) < 4.78 is 7.67. The van der Waals surface area contributed by atoms with Crippen LogP contribution in [0.1, 0.15) is 46.6 Å². The van der Waals surface area contributed by atoms with E-state index in [4.69, 9.17) is 4.74 Å². The van der Waals surface area contributed by atoms with Gasteiger partial charge >= 0.3 is 0 Å². The molecule has 0 saturated heterocycles. The highest BCUT2D eigenvalue weighted by atomic mass is 16.5. The third-order valence-electron chi connectivity index (χ3n) is 5.23. The smallest absolute Gasteiger partial charge is 0.258 e. The summed E-state index contributed by atoms with van der Waals surface area (Å²) in [7, 11) is 3.56. The lowest BCUT2D eigenvalue weighted by molar-refractivity contribution is 0.226. The molecule has 172 valence electrons. The number of rotatable bonds is 7. The van der Waals surface area contributed by atoms with Crippen molar-refractivity contribution in [3.8, 4) is 11.1 Å². The molecule has 32 heavy (non-hydrogen) atoms. The molecular weight excluding hydrogens is 398 g/mol. The number of aryl methyl sites for hydroxylation is 1. The van der Waals surface area contributed by atoms with Crippen molar-refractivity contribution in [1.29, 1.82) is 0 Å². The van der Waals surface area contributed by atoms with Gasteiger partial charge in [0.15, 0.2) is 12.1 Å². The van der Waals surface area contributed by atoms with Gasteiger partial charge in [0, 0.05) is 31.8 Å². The van der Waals surface area contributed by atoms with Crippen LogP contribution < -0.4 is 21.4 Å². The molecule has 0 spiro atoms. The molecular formula is C27H37N3O2. The molecule has 1 unspecified atom stereocenters. The van der Waals surface area contributed by atoms with Crippen LogP contribution in [0.2, 0.25) is 0 Å². The number of nitrogens with zero attached hydrogens (tertiary/aromatic N) is 2. The third-order valence-corrected chi connectivity index (χ3v) is 5.23. The van der Waals surface area contributed by atoms with E-state index in [1.54, 1.807) is 18.7 Å². The van der Waals surface area contributed by atoms with E-state index in [0.717, 1.165) is 45.3 Å². The first kappa shape index (κ1) is 25.2. The molecule has 0 saturated carbocycles. The van der Waals surface area contributed by atoms with E-state index in [0.29, 0.717) is 11.5 Å². The molecule has 5 nitrogen and oxygen atoms in total. The maximum Gasteiger partial charge on any atom is 0.258 e. The van der Waals surface area contributed by atoms with Gasteiger partial charge in [-0.25, -0.2) is 0 Å². The Morgan fingerprint density at radius 3 is 2.50 bits per heavy atom. The van der Waals surface area contributed by atoms with E-state index in [-0.39, 0.29) is 11.8 Å². The van der Waals surface area contributed by atoms with Crippen molar-refractivity contribution in [2.75, 3.05) is 12.4 Å². The Labute approximate surface area is 191 Å². The fourth-order valence-corrected chi connectivity index (χ4v) is 3.62. The lowest BCUT2D eigenvalue weighted by atomic mass is 10.00. The summed E-state index contributed by atoms with van der Waals surface area (Å²) in [5, 5.41) is 5.24. The average molecular weight is 436 g/mol. The molecule has 1 aromatic heterocycles. The van der Waals surface area contributed by atoms with Gasteiger partial charge < -0.3 is 14.6 Å². The van der Waals surface area contributed by atoms with E-state index < -0.39 is 0 Å². The van der Waals surface area contributed by atoms with Crippen LogP contribution in [0.4, 0.5) is 5.69 Å². The second kappa shape index (κ2) is 11.0. The van der Waals surface area contributed by atoms with Crippen molar-refractivity contribution >= 4 is 23.7 Å². The zero-order valence-electron chi connectivity index (χ0n) is 20.7. The summed E-state index contributed by atoms with van der Waals surface area (Å²) in [4.78, 5) is 17.5. The van der Waals surface area contributed by atoms with Gasteiger partial charge in [0.2, 0.25) is 0 Å². The molecule has 1 heterocycles. The van der Waals surface area contributed by atoms with Crippen molar-refractivity contribution in [1.82, 2.24) is 4.57 Å². The maximum absolute atomic E-state index is 13.3. The highest BCUT2D eigenvalue weighted by Crippen LogP contribution is 2.24. The van der Waals surface area contributed by atoms with Gasteiger partial charge in [-0.15, -0.1) is 0 Å². The van der Waals surface area contributed by atoms with Crippen molar-refractivity contribution in [2.45, 2.75) is 54.2 Å². The van der Waals surface area contributed by atoms with Crippen LogP contribution >= 0.6 is 0 Å². The summed E-state index contributed by atoms with van der Waals surface area (Å²) in [5.41, 5.74) is 4.36. The van der Waals surface area contributed by atoms with E-state index in [9.17, 15) is 4.79 Å². The standard InChI is InChI=1S/C27H37N3O2/c1-10-21-15-24(27(31)30(9)25(21)13-17(2)3)23-16-22(12-11-19(23)6)29-20(7)32-26(28-8)14-18(4)5/h10-13,15-16,18,20,29H,2,14H2,1,3-9H3/b21-10?,25-13+,28-26?. The Morgan fingerprint density at radius 1 is 1.25 bits per heavy atom. The van der Waals surface area contributed by atoms with Gasteiger partial charge in [0.1, 0.15) is 0 Å². The van der Waals surface area contributed by atoms with E-state index in [1.807, 2.05) is 64.1 Å². The highest BCUT2D eigenvalue weighted by molar-refractivity contribution is 5.76. The highest BCUT2D eigenvalue weighted by Gasteiger charge is 2.13. The molecule has 2 aromatic rings. The summed E-state index contributed by atoms with van der Waals surface area (Å²) in [6.45, 7) is 16.1. The van der Waals surface area contributed by atoms with Crippen molar-refractivity contribution in [3.05, 3.63) is 62.9 Å². The molecule has 5 heteroatoms. The first-order chi connectivity index (χ1) is 15.1. The second-order valence-electron chi connectivity index (χ2n) is 8.69. The first-order valence-corrected chi connectivity index (χ1v) is 11.1. The number of aliphatic imine (C=N–C) groups is 1. The molecule has 0 aliphatic rings. The fraction of sp³-hybridized carbons (Fsp3) is 0.407. The fourth-order valence-electron chi connectivity index (χ4n) is 3.62. The van der Waals surface area contributed by atoms with Crippen LogP contribution in [-0.4, -0.2) is 23.7 Å². The largest absolute Gasteiger partial charge is 0.458 e. The molecule has 0 aliphatic carbocycles. The van der Waals surface area contributed by atoms with Gasteiger partial charge in [0.05, 0.1) is 5.35 Å². The average Bonchev–Trinajstić information content (AvgIpc) is 2.72. The normalized spacial score (nSPS) is 14.1.